The average molecular weight is 398 g/mol. The first kappa shape index (κ1) is 20.6. The summed E-state index contributed by atoms with van der Waals surface area (Å²) >= 11 is 0. The van der Waals surface area contributed by atoms with Gasteiger partial charge in [0.15, 0.2) is 6.61 Å². The van der Waals surface area contributed by atoms with Gasteiger partial charge in [0, 0.05) is 6.42 Å². The molecule has 0 aliphatic carbocycles. The number of hydrogen-bond donors (Lipinski definition) is 0. The third-order valence-corrected chi connectivity index (χ3v) is 4.49. The van der Waals surface area contributed by atoms with Gasteiger partial charge >= 0.3 is 5.97 Å². The molecule has 0 bridgehead atoms. The molecule has 1 aromatic carbocycles. The lowest BCUT2D eigenvalue weighted by Crippen LogP contribution is -2.31. The van der Waals surface area contributed by atoms with Gasteiger partial charge in [-0.25, -0.2) is 5.01 Å². The second-order valence-corrected chi connectivity index (χ2v) is 8.15. The molecule has 7 nitrogen and oxygen atoms in total. The van der Waals surface area contributed by atoms with E-state index in [0.29, 0.717) is 12.2 Å². The van der Waals surface area contributed by atoms with Crippen molar-refractivity contribution in [3.63, 3.8) is 0 Å². The predicted octanol–water partition coefficient (Wildman–Crippen LogP) is 3.95. The Kier molecular flexibility index (Phi) is 6.06. The highest BCUT2D eigenvalue weighted by Gasteiger charge is 2.35. The van der Waals surface area contributed by atoms with E-state index in [2.05, 4.69) is 5.10 Å². The van der Waals surface area contributed by atoms with Gasteiger partial charge in [0.25, 0.3) is 5.91 Å². The lowest BCUT2D eigenvalue weighted by atomic mass is 9.92. The van der Waals surface area contributed by atoms with Crippen molar-refractivity contribution in [2.24, 2.45) is 10.5 Å². The number of carbonyl (C=O) groups is 2. The number of hydrazone groups is 1. The van der Waals surface area contributed by atoms with Crippen molar-refractivity contribution in [3.05, 3.63) is 54.0 Å². The van der Waals surface area contributed by atoms with Crippen LogP contribution < -0.4 is 4.74 Å². The second kappa shape index (κ2) is 8.51. The molecule has 0 spiro atoms. The Hall–Kier alpha value is -3.09. The Labute approximate surface area is 170 Å². The number of methoxy groups -OCH3 is 1. The third-order valence-electron chi connectivity index (χ3n) is 4.49. The molecule has 3 rings (SSSR count). The molecule has 0 saturated heterocycles. The van der Waals surface area contributed by atoms with E-state index in [9.17, 15) is 9.59 Å². The molecule has 1 atom stereocenters. The minimum Gasteiger partial charge on any atom is -0.497 e. The maximum Gasteiger partial charge on any atom is 0.306 e. The van der Waals surface area contributed by atoms with Crippen LogP contribution in [0.2, 0.25) is 0 Å². The normalized spacial score (nSPS) is 16.5. The Morgan fingerprint density at radius 3 is 2.52 bits per heavy atom. The van der Waals surface area contributed by atoms with Gasteiger partial charge in [-0.3, -0.25) is 9.59 Å². The van der Waals surface area contributed by atoms with E-state index in [0.717, 1.165) is 17.0 Å². The summed E-state index contributed by atoms with van der Waals surface area (Å²) in [6.45, 7) is 5.46. The third kappa shape index (κ3) is 5.25. The molecule has 1 amide bonds. The highest BCUT2D eigenvalue weighted by molar-refractivity contribution is 6.03. The van der Waals surface area contributed by atoms with Crippen LogP contribution in [0.3, 0.4) is 0 Å². The van der Waals surface area contributed by atoms with Crippen molar-refractivity contribution in [1.82, 2.24) is 5.01 Å². The van der Waals surface area contributed by atoms with Crippen LogP contribution >= 0.6 is 0 Å². The Morgan fingerprint density at radius 2 is 1.93 bits per heavy atom. The van der Waals surface area contributed by atoms with Crippen LogP contribution in [-0.2, 0) is 14.3 Å². The number of carbonyl (C=O) groups excluding carboxylic acids is 2. The molecule has 1 aliphatic heterocycles. The number of amides is 1. The summed E-state index contributed by atoms with van der Waals surface area (Å²) in [6, 6.07) is 10.7. The van der Waals surface area contributed by atoms with Crippen LogP contribution in [0.25, 0.3) is 0 Å². The van der Waals surface area contributed by atoms with Gasteiger partial charge in [0.1, 0.15) is 17.6 Å². The molecule has 2 heterocycles. The van der Waals surface area contributed by atoms with Crippen molar-refractivity contribution < 1.29 is 23.5 Å². The van der Waals surface area contributed by atoms with Gasteiger partial charge in [0.2, 0.25) is 0 Å². The van der Waals surface area contributed by atoms with Crippen molar-refractivity contribution in [3.8, 4) is 5.75 Å². The minimum atomic E-state index is -0.404. The molecule has 1 aliphatic rings. The molecule has 29 heavy (non-hydrogen) atoms. The molecule has 1 aromatic heterocycles. The number of furan rings is 1. The van der Waals surface area contributed by atoms with E-state index >= 15 is 0 Å². The largest absolute Gasteiger partial charge is 0.497 e. The number of benzene rings is 1. The lowest BCUT2D eigenvalue weighted by Gasteiger charge is -2.20. The summed E-state index contributed by atoms with van der Waals surface area (Å²) in [4.78, 5) is 24.8. The van der Waals surface area contributed by atoms with Crippen LogP contribution in [0.1, 0.15) is 51.0 Å². The second-order valence-electron chi connectivity index (χ2n) is 8.15. The van der Waals surface area contributed by atoms with E-state index < -0.39 is 11.9 Å². The predicted molar refractivity (Wildman–Crippen MR) is 107 cm³/mol. The minimum absolute atomic E-state index is 0.204. The Balaban J connectivity index is 1.75. The molecule has 0 fully saturated rings. The molecule has 0 unspecified atom stereocenters. The smallest absolute Gasteiger partial charge is 0.306 e. The quantitative estimate of drug-likeness (QED) is 0.689. The summed E-state index contributed by atoms with van der Waals surface area (Å²) in [7, 11) is 1.61. The van der Waals surface area contributed by atoms with E-state index in [-0.39, 0.29) is 24.5 Å². The highest BCUT2D eigenvalue weighted by Crippen LogP contribution is 2.33. The first-order valence-electron chi connectivity index (χ1n) is 9.50. The van der Waals surface area contributed by atoms with Crippen molar-refractivity contribution in [2.45, 2.75) is 39.7 Å². The van der Waals surface area contributed by atoms with Gasteiger partial charge in [-0.15, -0.1) is 0 Å². The van der Waals surface area contributed by atoms with Crippen molar-refractivity contribution >= 4 is 17.6 Å². The average Bonchev–Trinajstić information content (AvgIpc) is 3.34. The van der Waals surface area contributed by atoms with Crippen molar-refractivity contribution in [2.75, 3.05) is 13.7 Å². The van der Waals surface area contributed by atoms with Crippen LogP contribution in [0, 0.1) is 5.41 Å². The maximum atomic E-state index is 12.8. The highest BCUT2D eigenvalue weighted by atomic mass is 16.5. The fourth-order valence-corrected chi connectivity index (χ4v) is 3.09. The van der Waals surface area contributed by atoms with Gasteiger partial charge < -0.3 is 13.9 Å². The number of esters is 1. The number of nitrogens with zero attached hydrogens (tertiary/aromatic N) is 2. The molecule has 154 valence electrons. The van der Waals surface area contributed by atoms with E-state index in [4.69, 9.17) is 13.9 Å². The number of rotatable bonds is 6. The van der Waals surface area contributed by atoms with E-state index in [1.54, 1.807) is 19.4 Å². The molecular weight excluding hydrogens is 372 g/mol. The molecular formula is C22H26N2O5. The molecule has 7 heteroatoms. The van der Waals surface area contributed by atoms with Crippen LogP contribution in [-0.4, -0.2) is 36.3 Å². The number of ether oxygens (including phenoxy) is 2. The van der Waals surface area contributed by atoms with E-state index in [1.807, 2.05) is 51.1 Å². The van der Waals surface area contributed by atoms with Crippen LogP contribution in [0.15, 0.2) is 52.2 Å². The first-order valence-corrected chi connectivity index (χ1v) is 9.50. The summed E-state index contributed by atoms with van der Waals surface area (Å²) in [5, 5.41) is 5.86. The van der Waals surface area contributed by atoms with Crippen molar-refractivity contribution in [1.29, 1.82) is 0 Å². The fourth-order valence-electron chi connectivity index (χ4n) is 3.09. The zero-order valence-corrected chi connectivity index (χ0v) is 17.2. The van der Waals surface area contributed by atoms with Gasteiger partial charge in [-0.05, 0) is 47.4 Å². The zero-order valence-electron chi connectivity index (χ0n) is 17.2. The standard InChI is InChI=1S/C22H26N2O5/c1-22(2,3)13-21(26)29-14-20(25)24-18(19-6-5-11-28-19)12-17(23-24)15-7-9-16(27-4)10-8-15/h5-11,18H,12-14H2,1-4H3/t18-/m1/s1. The van der Waals surface area contributed by atoms with Gasteiger partial charge in [0.05, 0.1) is 25.5 Å². The van der Waals surface area contributed by atoms with Crippen LogP contribution in [0.5, 0.6) is 5.75 Å². The fraction of sp³-hybridized carbons (Fsp3) is 0.409. The van der Waals surface area contributed by atoms with E-state index in [1.165, 1.54) is 5.01 Å². The maximum absolute atomic E-state index is 12.8. The Morgan fingerprint density at radius 1 is 1.21 bits per heavy atom. The molecule has 0 N–H and O–H groups in total. The van der Waals surface area contributed by atoms with Gasteiger partial charge in [-0.1, -0.05) is 20.8 Å². The molecule has 0 radical (unpaired) electrons. The SMILES string of the molecule is COc1ccc(C2=NN(C(=O)COC(=O)CC(C)(C)C)[C@@H](c3ccco3)C2)cc1. The lowest BCUT2D eigenvalue weighted by molar-refractivity contribution is -0.154. The molecule has 0 saturated carbocycles. The van der Waals surface area contributed by atoms with Crippen LogP contribution in [0.4, 0.5) is 0 Å². The summed E-state index contributed by atoms with van der Waals surface area (Å²) in [5.74, 6) is 0.580. The van der Waals surface area contributed by atoms with Gasteiger partial charge in [-0.2, -0.15) is 5.10 Å². The topological polar surface area (TPSA) is 81.3 Å². The number of hydrogen-bond acceptors (Lipinski definition) is 6. The summed E-state index contributed by atoms with van der Waals surface area (Å²) in [5.41, 5.74) is 1.44. The summed E-state index contributed by atoms with van der Waals surface area (Å²) in [6.07, 6.45) is 2.30. The zero-order chi connectivity index (χ0) is 21.0. The first-order chi connectivity index (χ1) is 13.8. The Bertz CT molecular complexity index is 879. The monoisotopic (exact) mass is 398 g/mol. The molecule has 2 aromatic rings. The summed E-state index contributed by atoms with van der Waals surface area (Å²) < 4.78 is 15.9.